The van der Waals surface area contributed by atoms with E-state index in [0.717, 1.165) is 9.35 Å². The second-order valence-electron chi connectivity index (χ2n) is 5.15. The van der Waals surface area contributed by atoms with Crippen molar-refractivity contribution in [3.8, 4) is 10.6 Å². The zero-order valence-corrected chi connectivity index (χ0v) is 15.2. The Hall–Kier alpha value is -2.25. The highest BCUT2D eigenvalue weighted by atomic mass is 79.9. The fraction of sp³-hybridized carbons (Fsp3) is 0.118. The van der Waals surface area contributed by atoms with Crippen LogP contribution in [-0.4, -0.2) is 15.7 Å². The number of nitrogens with zero attached hydrogens (tertiary/aromatic N) is 2. The largest absolute Gasteiger partial charge is 0.324 e. The van der Waals surface area contributed by atoms with E-state index in [-0.39, 0.29) is 11.5 Å². The Bertz CT molecular complexity index is 904. The van der Waals surface area contributed by atoms with Crippen molar-refractivity contribution >= 4 is 38.9 Å². The molecular weight excluding hydrogens is 390 g/mol. The Morgan fingerprint density at radius 2 is 1.96 bits per heavy atom. The minimum absolute atomic E-state index is 0.296. The van der Waals surface area contributed by atoms with E-state index in [9.17, 15) is 9.59 Å². The molecule has 122 valence electrons. The van der Waals surface area contributed by atoms with Gasteiger partial charge in [-0.05, 0) is 48.7 Å². The van der Waals surface area contributed by atoms with Crippen LogP contribution in [-0.2, 0) is 4.79 Å². The number of aromatic nitrogens is 2. The van der Waals surface area contributed by atoms with Crippen molar-refractivity contribution in [3.05, 3.63) is 68.7 Å². The number of rotatable bonds is 4. The van der Waals surface area contributed by atoms with Crippen LogP contribution >= 0.6 is 27.3 Å². The molecule has 3 aromatic rings. The van der Waals surface area contributed by atoms with Gasteiger partial charge in [0.1, 0.15) is 11.7 Å². The first-order chi connectivity index (χ1) is 11.5. The Balaban J connectivity index is 1.84. The van der Waals surface area contributed by atoms with Crippen LogP contribution in [0.1, 0.15) is 13.0 Å². The van der Waals surface area contributed by atoms with Crippen LogP contribution in [0.2, 0.25) is 0 Å². The van der Waals surface area contributed by atoms with Gasteiger partial charge in [-0.25, -0.2) is 4.68 Å². The first-order valence-corrected chi connectivity index (χ1v) is 8.92. The zero-order chi connectivity index (χ0) is 17.1. The lowest BCUT2D eigenvalue weighted by atomic mass is 10.2. The maximum absolute atomic E-state index is 12.4. The number of carbonyl (C=O) groups is 1. The monoisotopic (exact) mass is 403 g/mol. The minimum Gasteiger partial charge on any atom is -0.324 e. The second-order valence-corrected chi connectivity index (χ2v) is 7.01. The van der Waals surface area contributed by atoms with E-state index in [0.29, 0.717) is 11.4 Å². The predicted molar refractivity (Wildman–Crippen MR) is 99.3 cm³/mol. The van der Waals surface area contributed by atoms with Crippen LogP contribution in [0.3, 0.4) is 0 Å². The number of thiophene rings is 1. The lowest BCUT2D eigenvalue weighted by Crippen LogP contribution is -2.33. The summed E-state index contributed by atoms with van der Waals surface area (Å²) < 4.78 is 2.14. The highest BCUT2D eigenvalue weighted by Crippen LogP contribution is 2.22. The van der Waals surface area contributed by atoms with Crippen molar-refractivity contribution < 1.29 is 4.79 Å². The van der Waals surface area contributed by atoms with E-state index < -0.39 is 6.04 Å². The molecule has 0 saturated carbocycles. The summed E-state index contributed by atoms with van der Waals surface area (Å²) in [6.45, 7) is 1.65. The van der Waals surface area contributed by atoms with Crippen molar-refractivity contribution in [2.45, 2.75) is 13.0 Å². The van der Waals surface area contributed by atoms with E-state index in [4.69, 9.17) is 0 Å². The normalized spacial score (nSPS) is 11.9. The third-order valence-corrected chi connectivity index (χ3v) is 4.88. The molecule has 0 aliphatic carbocycles. The zero-order valence-electron chi connectivity index (χ0n) is 12.8. The van der Waals surface area contributed by atoms with Crippen molar-refractivity contribution in [2.75, 3.05) is 5.32 Å². The molecule has 5 nitrogen and oxygen atoms in total. The van der Waals surface area contributed by atoms with Crippen LogP contribution in [0, 0.1) is 0 Å². The number of hydrogen-bond donors (Lipinski definition) is 1. The van der Waals surface area contributed by atoms with Gasteiger partial charge >= 0.3 is 0 Å². The Kier molecular flexibility index (Phi) is 4.92. The summed E-state index contributed by atoms with van der Waals surface area (Å²) >= 11 is 4.88. The average Bonchev–Trinajstić information content (AvgIpc) is 3.11. The fourth-order valence-electron chi connectivity index (χ4n) is 2.15. The van der Waals surface area contributed by atoms with Crippen molar-refractivity contribution in [3.63, 3.8) is 0 Å². The maximum Gasteiger partial charge on any atom is 0.267 e. The van der Waals surface area contributed by atoms with E-state index in [1.165, 1.54) is 22.1 Å². The first kappa shape index (κ1) is 16.6. The molecular formula is C17H14BrN3O2S. The maximum atomic E-state index is 12.4. The summed E-state index contributed by atoms with van der Waals surface area (Å²) in [5.41, 5.74) is 1.03. The molecule has 3 rings (SSSR count). The van der Waals surface area contributed by atoms with Gasteiger partial charge < -0.3 is 5.32 Å². The molecule has 0 aliphatic rings. The Labute approximate surface area is 151 Å². The summed E-state index contributed by atoms with van der Waals surface area (Å²) in [4.78, 5) is 25.5. The number of nitrogens with one attached hydrogen (secondary N) is 1. The summed E-state index contributed by atoms with van der Waals surface area (Å²) in [6.07, 6.45) is 0. The molecule has 1 atom stereocenters. The molecule has 0 radical (unpaired) electrons. The number of halogens is 1. The molecule has 0 saturated heterocycles. The molecule has 0 spiro atoms. The standard InChI is InChI=1S/C17H14BrN3O2S/c1-11(17(23)19-13-6-4-12(18)5-7-13)21-16(22)9-8-14(20-21)15-3-2-10-24-15/h2-11H,1H3,(H,19,23). The van der Waals surface area contributed by atoms with E-state index in [1.54, 1.807) is 25.1 Å². The molecule has 0 aliphatic heterocycles. The van der Waals surface area contributed by atoms with Gasteiger partial charge in [-0.2, -0.15) is 5.10 Å². The number of hydrogen-bond acceptors (Lipinski definition) is 4. The fourth-order valence-corrected chi connectivity index (χ4v) is 3.10. The lowest BCUT2D eigenvalue weighted by Gasteiger charge is -2.14. The van der Waals surface area contributed by atoms with Gasteiger partial charge in [-0.1, -0.05) is 22.0 Å². The summed E-state index contributed by atoms with van der Waals surface area (Å²) in [5.74, 6) is -0.296. The average molecular weight is 404 g/mol. The van der Waals surface area contributed by atoms with Gasteiger partial charge in [0, 0.05) is 16.2 Å². The lowest BCUT2D eigenvalue weighted by molar-refractivity contribution is -0.119. The van der Waals surface area contributed by atoms with Crippen LogP contribution in [0.5, 0.6) is 0 Å². The van der Waals surface area contributed by atoms with Gasteiger partial charge in [-0.15, -0.1) is 11.3 Å². The Morgan fingerprint density at radius 3 is 2.62 bits per heavy atom. The van der Waals surface area contributed by atoms with Crippen LogP contribution < -0.4 is 10.9 Å². The smallest absolute Gasteiger partial charge is 0.267 e. The van der Waals surface area contributed by atoms with Crippen molar-refractivity contribution in [1.82, 2.24) is 9.78 Å². The second kappa shape index (κ2) is 7.11. The van der Waals surface area contributed by atoms with Crippen molar-refractivity contribution in [1.29, 1.82) is 0 Å². The molecule has 2 aromatic heterocycles. The SMILES string of the molecule is CC(C(=O)Nc1ccc(Br)cc1)n1nc(-c2cccs2)ccc1=O. The van der Waals surface area contributed by atoms with E-state index in [1.807, 2.05) is 29.6 Å². The summed E-state index contributed by atoms with van der Waals surface area (Å²) in [7, 11) is 0. The van der Waals surface area contributed by atoms with Crippen molar-refractivity contribution in [2.24, 2.45) is 0 Å². The number of benzene rings is 1. The quantitative estimate of drug-likeness (QED) is 0.717. The summed E-state index contributed by atoms with van der Waals surface area (Å²) in [5, 5.41) is 9.07. The summed E-state index contributed by atoms with van der Waals surface area (Å²) in [6, 6.07) is 13.5. The molecule has 0 bridgehead atoms. The van der Waals surface area contributed by atoms with Crippen LogP contribution in [0.4, 0.5) is 5.69 Å². The minimum atomic E-state index is -0.721. The number of anilines is 1. The van der Waals surface area contributed by atoms with Gasteiger partial charge in [0.15, 0.2) is 0 Å². The molecule has 1 unspecified atom stereocenters. The third kappa shape index (κ3) is 3.63. The van der Waals surface area contributed by atoms with Gasteiger partial charge in [0.2, 0.25) is 5.91 Å². The van der Waals surface area contributed by atoms with E-state index >= 15 is 0 Å². The topological polar surface area (TPSA) is 64.0 Å². The highest BCUT2D eigenvalue weighted by Gasteiger charge is 2.18. The van der Waals surface area contributed by atoms with Gasteiger partial charge in [0.05, 0.1) is 4.88 Å². The van der Waals surface area contributed by atoms with Gasteiger partial charge in [0.25, 0.3) is 5.56 Å². The molecule has 1 amide bonds. The molecule has 7 heteroatoms. The van der Waals surface area contributed by atoms with Crippen LogP contribution in [0.15, 0.2) is 63.2 Å². The highest BCUT2D eigenvalue weighted by molar-refractivity contribution is 9.10. The molecule has 24 heavy (non-hydrogen) atoms. The van der Waals surface area contributed by atoms with Gasteiger partial charge in [-0.3, -0.25) is 9.59 Å². The third-order valence-electron chi connectivity index (χ3n) is 3.46. The predicted octanol–water partition coefficient (Wildman–Crippen LogP) is 3.93. The first-order valence-electron chi connectivity index (χ1n) is 7.25. The Morgan fingerprint density at radius 1 is 1.21 bits per heavy atom. The molecule has 2 heterocycles. The number of amides is 1. The molecule has 0 fully saturated rings. The van der Waals surface area contributed by atoms with Crippen LogP contribution in [0.25, 0.3) is 10.6 Å². The molecule has 1 N–H and O–H groups in total. The number of carbonyl (C=O) groups excluding carboxylic acids is 1. The van der Waals surface area contributed by atoms with E-state index in [2.05, 4.69) is 26.3 Å². The molecule has 1 aromatic carbocycles.